The summed E-state index contributed by atoms with van der Waals surface area (Å²) in [5.74, 6) is 1.82. The van der Waals surface area contributed by atoms with E-state index in [-0.39, 0.29) is 11.6 Å². The molecule has 0 amide bonds. The zero-order valence-corrected chi connectivity index (χ0v) is 14.1. The molecular formula is C18H30N2O. The Hall–Kier alpha value is -1.06. The normalized spacial score (nSPS) is 27.6. The average Bonchev–Trinajstić information content (AvgIpc) is 2.50. The molecule has 0 heterocycles. The van der Waals surface area contributed by atoms with Crippen molar-refractivity contribution >= 4 is 0 Å². The highest BCUT2D eigenvalue weighted by Crippen LogP contribution is 2.45. The molecule has 1 unspecified atom stereocenters. The quantitative estimate of drug-likeness (QED) is 0.898. The van der Waals surface area contributed by atoms with E-state index in [9.17, 15) is 0 Å². The third-order valence-electron chi connectivity index (χ3n) is 5.31. The van der Waals surface area contributed by atoms with E-state index in [4.69, 9.17) is 4.74 Å². The van der Waals surface area contributed by atoms with Crippen molar-refractivity contribution < 1.29 is 4.74 Å². The minimum Gasteiger partial charge on any atom is -0.496 e. The van der Waals surface area contributed by atoms with E-state index in [0.717, 1.165) is 11.7 Å². The molecule has 0 bridgehead atoms. The van der Waals surface area contributed by atoms with Gasteiger partial charge in [-0.15, -0.1) is 0 Å². The van der Waals surface area contributed by atoms with Gasteiger partial charge in [0, 0.05) is 11.1 Å². The van der Waals surface area contributed by atoms with Crippen LogP contribution < -0.4 is 10.1 Å². The van der Waals surface area contributed by atoms with Crippen LogP contribution in [-0.2, 0) is 0 Å². The van der Waals surface area contributed by atoms with E-state index in [2.05, 4.69) is 56.5 Å². The molecule has 0 aliphatic heterocycles. The van der Waals surface area contributed by atoms with Crippen LogP contribution in [0.5, 0.6) is 5.75 Å². The van der Waals surface area contributed by atoms with Gasteiger partial charge in [0.2, 0.25) is 0 Å². The minimum absolute atomic E-state index is 0.163. The number of benzene rings is 1. The monoisotopic (exact) mass is 290 g/mol. The fraction of sp³-hybridized carbons (Fsp3) is 0.667. The Morgan fingerprint density at radius 2 is 1.86 bits per heavy atom. The number of para-hydroxylation sites is 1. The summed E-state index contributed by atoms with van der Waals surface area (Å²) in [7, 11) is 8.27. The number of ether oxygens (including phenoxy) is 1. The average molecular weight is 290 g/mol. The van der Waals surface area contributed by atoms with Crippen molar-refractivity contribution in [1.29, 1.82) is 0 Å². The number of nitrogens with one attached hydrogen (secondary N) is 1. The third kappa shape index (κ3) is 3.09. The van der Waals surface area contributed by atoms with E-state index in [1.54, 1.807) is 7.11 Å². The number of hydrogen-bond donors (Lipinski definition) is 1. The maximum atomic E-state index is 5.61. The molecule has 1 saturated carbocycles. The maximum absolute atomic E-state index is 5.61. The standard InChI is InChI=1S/C18H30N2O/c1-14-10-12-18(13-11-14,20(3)4)17(19-2)15-8-6-7-9-16(15)21-5/h6-9,14,17,19H,10-13H2,1-5H3. The molecule has 1 aromatic carbocycles. The second-order valence-corrected chi connectivity index (χ2v) is 6.64. The van der Waals surface area contributed by atoms with Crippen LogP contribution in [0.15, 0.2) is 24.3 Å². The number of methoxy groups -OCH3 is 1. The lowest BCUT2D eigenvalue weighted by molar-refractivity contribution is 0.0447. The van der Waals surface area contributed by atoms with E-state index >= 15 is 0 Å². The van der Waals surface area contributed by atoms with Crippen molar-refractivity contribution in [1.82, 2.24) is 10.2 Å². The first-order chi connectivity index (χ1) is 10.0. The lowest BCUT2D eigenvalue weighted by Crippen LogP contribution is -2.55. The van der Waals surface area contributed by atoms with Crippen LogP contribution in [0.4, 0.5) is 0 Å². The molecule has 21 heavy (non-hydrogen) atoms. The molecule has 3 heteroatoms. The number of likely N-dealkylation sites (N-methyl/N-ethyl adjacent to an activating group) is 2. The van der Waals surface area contributed by atoms with Crippen LogP contribution in [0.25, 0.3) is 0 Å². The van der Waals surface area contributed by atoms with Crippen molar-refractivity contribution in [3.05, 3.63) is 29.8 Å². The Kier molecular flexibility index (Phi) is 5.28. The molecule has 118 valence electrons. The first-order valence-electron chi connectivity index (χ1n) is 8.02. The molecule has 2 rings (SSSR count). The molecule has 1 aliphatic carbocycles. The molecule has 3 nitrogen and oxygen atoms in total. The molecule has 0 spiro atoms. The zero-order chi connectivity index (χ0) is 15.5. The van der Waals surface area contributed by atoms with Gasteiger partial charge < -0.3 is 15.0 Å². The number of hydrogen-bond acceptors (Lipinski definition) is 3. The molecular weight excluding hydrogens is 260 g/mol. The summed E-state index contributed by atoms with van der Waals surface area (Å²) in [4.78, 5) is 2.42. The third-order valence-corrected chi connectivity index (χ3v) is 5.31. The molecule has 1 atom stereocenters. The topological polar surface area (TPSA) is 24.5 Å². The molecule has 1 N–H and O–H groups in total. The van der Waals surface area contributed by atoms with E-state index < -0.39 is 0 Å². The fourth-order valence-corrected chi connectivity index (χ4v) is 3.87. The second kappa shape index (κ2) is 6.80. The molecule has 0 radical (unpaired) electrons. The SMILES string of the molecule is CNC(c1ccccc1OC)C1(N(C)C)CCC(C)CC1. The summed E-state index contributed by atoms with van der Waals surface area (Å²) in [5.41, 5.74) is 1.43. The van der Waals surface area contributed by atoms with Gasteiger partial charge in [-0.2, -0.15) is 0 Å². The van der Waals surface area contributed by atoms with Crippen molar-refractivity contribution in [2.24, 2.45) is 5.92 Å². The molecule has 0 aromatic heterocycles. The van der Waals surface area contributed by atoms with Crippen molar-refractivity contribution in [3.8, 4) is 5.75 Å². The Morgan fingerprint density at radius 1 is 1.24 bits per heavy atom. The van der Waals surface area contributed by atoms with Crippen LogP contribution >= 0.6 is 0 Å². The van der Waals surface area contributed by atoms with Crippen molar-refractivity contribution in [2.75, 3.05) is 28.3 Å². The maximum Gasteiger partial charge on any atom is 0.123 e. The smallest absolute Gasteiger partial charge is 0.123 e. The summed E-state index contributed by atoms with van der Waals surface area (Å²) in [6, 6.07) is 8.70. The minimum atomic E-state index is 0.163. The van der Waals surface area contributed by atoms with Gasteiger partial charge in [0.25, 0.3) is 0 Å². The Labute approximate surface area is 129 Å². The Morgan fingerprint density at radius 3 is 2.38 bits per heavy atom. The van der Waals surface area contributed by atoms with Gasteiger partial charge in [-0.25, -0.2) is 0 Å². The number of rotatable bonds is 5. The van der Waals surface area contributed by atoms with Gasteiger partial charge in [0.15, 0.2) is 0 Å². The van der Waals surface area contributed by atoms with Gasteiger partial charge in [-0.05, 0) is 58.8 Å². The lowest BCUT2D eigenvalue weighted by atomic mass is 9.70. The van der Waals surface area contributed by atoms with Gasteiger partial charge in [-0.3, -0.25) is 0 Å². The first kappa shape index (κ1) is 16.3. The van der Waals surface area contributed by atoms with Gasteiger partial charge >= 0.3 is 0 Å². The van der Waals surface area contributed by atoms with Crippen LogP contribution in [0.1, 0.15) is 44.2 Å². The second-order valence-electron chi connectivity index (χ2n) is 6.64. The number of nitrogens with zero attached hydrogens (tertiary/aromatic N) is 1. The summed E-state index contributed by atoms with van der Waals surface area (Å²) in [6.45, 7) is 2.37. The molecule has 1 aromatic rings. The Balaban J connectivity index is 2.41. The summed E-state index contributed by atoms with van der Waals surface area (Å²) >= 11 is 0. The first-order valence-corrected chi connectivity index (χ1v) is 8.02. The van der Waals surface area contributed by atoms with Crippen LogP contribution in [0.2, 0.25) is 0 Å². The van der Waals surface area contributed by atoms with Gasteiger partial charge in [-0.1, -0.05) is 25.1 Å². The lowest BCUT2D eigenvalue weighted by Gasteiger charge is -2.50. The highest BCUT2D eigenvalue weighted by Gasteiger charge is 2.43. The predicted octanol–water partition coefficient (Wildman–Crippen LogP) is 3.47. The van der Waals surface area contributed by atoms with Crippen LogP contribution in [-0.4, -0.2) is 38.7 Å². The fourth-order valence-electron chi connectivity index (χ4n) is 3.87. The van der Waals surface area contributed by atoms with Gasteiger partial charge in [0.1, 0.15) is 5.75 Å². The Bertz CT molecular complexity index is 450. The summed E-state index contributed by atoms with van der Waals surface area (Å²) in [6.07, 6.45) is 5.05. The van der Waals surface area contributed by atoms with Gasteiger partial charge in [0.05, 0.1) is 13.2 Å². The van der Waals surface area contributed by atoms with Crippen LogP contribution in [0.3, 0.4) is 0 Å². The highest BCUT2D eigenvalue weighted by atomic mass is 16.5. The highest BCUT2D eigenvalue weighted by molar-refractivity contribution is 5.38. The van der Waals surface area contributed by atoms with Crippen molar-refractivity contribution in [3.63, 3.8) is 0 Å². The predicted molar refractivity (Wildman–Crippen MR) is 88.8 cm³/mol. The largest absolute Gasteiger partial charge is 0.496 e. The molecule has 0 saturated heterocycles. The van der Waals surface area contributed by atoms with E-state index in [0.29, 0.717) is 0 Å². The van der Waals surface area contributed by atoms with E-state index in [1.165, 1.54) is 31.2 Å². The molecule has 1 aliphatic rings. The van der Waals surface area contributed by atoms with Crippen LogP contribution in [0, 0.1) is 5.92 Å². The van der Waals surface area contributed by atoms with E-state index in [1.807, 2.05) is 6.07 Å². The zero-order valence-electron chi connectivity index (χ0n) is 14.1. The van der Waals surface area contributed by atoms with Crippen molar-refractivity contribution in [2.45, 2.75) is 44.2 Å². The summed E-state index contributed by atoms with van der Waals surface area (Å²) in [5, 5.41) is 3.58. The molecule has 1 fully saturated rings. The summed E-state index contributed by atoms with van der Waals surface area (Å²) < 4.78 is 5.61.